The number of anilines is 1. The van der Waals surface area contributed by atoms with Gasteiger partial charge in [0.05, 0.1) is 12.2 Å². The van der Waals surface area contributed by atoms with Gasteiger partial charge in [-0.25, -0.2) is 4.98 Å². The van der Waals surface area contributed by atoms with Crippen LogP contribution in [0.2, 0.25) is 0 Å². The third-order valence-electron chi connectivity index (χ3n) is 4.02. The molecule has 0 fully saturated rings. The lowest BCUT2D eigenvalue weighted by Crippen LogP contribution is -2.28. The summed E-state index contributed by atoms with van der Waals surface area (Å²) in [5.74, 6) is 0. The minimum atomic E-state index is 0.871. The Kier molecular flexibility index (Phi) is 3.19. The summed E-state index contributed by atoms with van der Waals surface area (Å²) in [4.78, 5) is 7.16. The van der Waals surface area contributed by atoms with Crippen LogP contribution < -0.4 is 4.90 Å². The lowest BCUT2D eigenvalue weighted by atomic mass is 10.0. The topological polar surface area (TPSA) is 20.5 Å². The number of imidazole rings is 1. The molecule has 0 amide bonds. The first-order chi connectivity index (χ1) is 10.3. The fraction of sp³-hybridized carbons (Fsp3) is 0.235. The Morgan fingerprint density at radius 1 is 1.10 bits per heavy atom. The first-order valence-electron chi connectivity index (χ1n) is 7.25. The Balaban J connectivity index is 1.66. The lowest BCUT2D eigenvalue weighted by Gasteiger charge is -2.30. The molecule has 2 aromatic heterocycles. The average Bonchev–Trinajstić information content (AvgIpc) is 2.89. The van der Waals surface area contributed by atoms with Crippen LogP contribution in [-0.4, -0.2) is 15.9 Å². The first-order valence-corrected chi connectivity index (χ1v) is 8.05. The summed E-state index contributed by atoms with van der Waals surface area (Å²) in [5, 5.41) is 0. The number of hydrogen-bond acceptors (Lipinski definition) is 2. The highest BCUT2D eigenvalue weighted by atomic mass is 79.9. The van der Waals surface area contributed by atoms with Crippen LogP contribution >= 0.6 is 15.9 Å². The summed E-state index contributed by atoms with van der Waals surface area (Å²) >= 11 is 3.50. The zero-order valence-electron chi connectivity index (χ0n) is 11.7. The van der Waals surface area contributed by atoms with Crippen molar-refractivity contribution in [1.29, 1.82) is 0 Å². The van der Waals surface area contributed by atoms with Crippen molar-refractivity contribution in [3.8, 4) is 0 Å². The molecule has 0 spiro atoms. The highest BCUT2D eigenvalue weighted by molar-refractivity contribution is 9.10. The van der Waals surface area contributed by atoms with Crippen molar-refractivity contribution < 1.29 is 0 Å². The molecule has 3 nitrogen and oxygen atoms in total. The molecular formula is C17H16BrN3. The van der Waals surface area contributed by atoms with Gasteiger partial charge in [-0.2, -0.15) is 0 Å². The van der Waals surface area contributed by atoms with Gasteiger partial charge in [-0.05, 0) is 52.5 Å². The molecule has 0 radical (unpaired) electrons. The van der Waals surface area contributed by atoms with E-state index in [-0.39, 0.29) is 0 Å². The van der Waals surface area contributed by atoms with E-state index in [2.05, 4.69) is 61.9 Å². The van der Waals surface area contributed by atoms with Gasteiger partial charge in [-0.15, -0.1) is 0 Å². The van der Waals surface area contributed by atoms with E-state index < -0.39 is 0 Å². The molecule has 0 N–H and O–H groups in total. The van der Waals surface area contributed by atoms with Crippen molar-refractivity contribution in [3.63, 3.8) is 0 Å². The van der Waals surface area contributed by atoms with Crippen LogP contribution in [0.3, 0.4) is 0 Å². The fourth-order valence-corrected chi connectivity index (χ4v) is 3.42. The molecule has 1 aliphatic rings. The zero-order chi connectivity index (χ0) is 14.2. The standard InChI is InChI=1S/C17H16BrN3/c18-14-7-8-17-19-15(12-21(17)10-14)11-20-9-3-5-13-4-1-2-6-16(13)20/h1-2,4,6-8,10,12H,3,5,9,11H2. The second kappa shape index (κ2) is 5.19. The zero-order valence-corrected chi connectivity index (χ0v) is 13.3. The van der Waals surface area contributed by atoms with Crippen molar-refractivity contribution in [3.05, 3.63) is 64.5 Å². The van der Waals surface area contributed by atoms with Gasteiger partial charge in [-0.1, -0.05) is 18.2 Å². The highest BCUT2D eigenvalue weighted by Crippen LogP contribution is 2.28. The quantitative estimate of drug-likeness (QED) is 0.700. The van der Waals surface area contributed by atoms with Crippen LogP contribution in [0.4, 0.5) is 5.69 Å². The van der Waals surface area contributed by atoms with Crippen molar-refractivity contribution in [2.45, 2.75) is 19.4 Å². The molecule has 0 unspecified atom stereocenters. The van der Waals surface area contributed by atoms with Gasteiger partial charge in [0.15, 0.2) is 0 Å². The van der Waals surface area contributed by atoms with E-state index in [0.717, 1.165) is 28.9 Å². The van der Waals surface area contributed by atoms with Gasteiger partial charge in [0.25, 0.3) is 0 Å². The van der Waals surface area contributed by atoms with Gasteiger partial charge >= 0.3 is 0 Å². The minimum Gasteiger partial charge on any atom is -0.365 e. The van der Waals surface area contributed by atoms with Crippen molar-refractivity contribution in [2.75, 3.05) is 11.4 Å². The Hall–Kier alpha value is -1.81. The van der Waals surface area contributed by atoms with Crippen LogP contribution in [0, 0.1) is 0 Å². The van der Waals surface area contributed by atoms with E-state index in [1.54, 1.807) is 0 Å². The summed E-state index contributed by atoms with van der Waals surface area (Å²) in [5.41, 5.74) is 4.93. The average molecular weight is 342 g/mol. The van der Waals surface area contributed by atoms with Crippen molar-refractivity contribution in [1.82, 2.24) is 9.38 Å². The van der Waals surface area contributed by atoms with E-state index in [1.807, 2.05) is 12.1 Å². The number of pyridine rings is 1. The number of halogens is 1. The van der Waals surface area contributed by atoms with Gasteiger partial charge in [0, 0.05) is 29.1 Å². The summed E-state index contributed by atoms with van der Waals surface area (Å²) in [6.07, 6.45) is 6.58. The first kappa shape index (κ1) is 12.9. The van der Waals surface area contributed by atoms with E-state index >= 15 is 0 Å². The van der Waals surface area contributed by atoms with Gasteiger partial charge in [0.2, 0.25) is 0 Å². The third-order valence-corrected chi connectivity index (χ3v) is 4.49. The van der Waals surface area contributed by atoms with Crippen LogP contribution in [0.5, 0.6) is 0 Å². The second-order valence-corrected chi connectivity index (χ2v) is 6.41. The largest absolute Gasteiger partial charge is 0.365 e. The summed E-state index contributed by atoms with van der Waals surface area (Å²) < 4.78 is 3.15. The number of benzene rings is 1. The maximum Gasteiger partial charge on any atom is 0.137 e. The predicted molar refractivity (Wildman–Crippen MR) is 88.7 cm³/mol. The molecule has 106 valence electrons. The molecule has 1 aromatic carbocycles. The van der Waals surface area contributed by atoms with Gasteiger partial charge in [-0.3, -0.25) is 0 Å². The van der Waals surface area contributed by atoms with Crippen molar-refractivity contribution >= 4 is 27.3 Å². The van der Waals surface area contributed by atoms with Gasteiger partial charge in [0.1, 0.15) is 5.65 Å². The van der Waals surface area contributed by atoms with Crippen molar-refractivity contribution in [2.24, 2.45) is 0 Å². The van der Waals surface area contributed by atoms with Crippen LogP contribution in [0.1, 0.15) is 17.7 Å². The van der Waals surface area contributed by atoms with Gasteiger partial charge < -0.3 is 9.30 Å². The molecule has 0 atom stereocenters. The number of aromatic nitrogens is 2. The molecule has 3 heterocycles. The fourth-order valence-electron chi connectivity index (χ4n) is 3.06. The maximum atomic E-state index is 4.72. The van der Waals surface area contributed by atoms with E-state index in [1.165, 1.54) is 24.1 Å². The Morgan fingerprint density at radius 3 is 2.95 bits per heavy atom. The van der Waals surface area contributed by atoms with E-state index in [0.29, 0.717) is 0 Å². The monoisotopic (exact) mass is 341 g/mol. The summed E-state index contributed by atoms with van der Waals surface area (Å²) in [6, 6.07) is 12.8. The Morgan fingerprint density at radius 2 is 2.00 bits per heavy atom. The number of fused-ring (bicyclic) bond motifs is 2. The number of nitrogens with zero attached hydrogens (tertiary/aromatic N) is 3. The normalized spacial score (nSPS) is 14.4. The number of para-hydroxylation sites is 1. The molecular weight excluding hydrogens is 326 g/mol. The molecule has 0 saturated carbocycles. The summed E-state index contributed by atoms with van der Waals surface area (Å²) in [6.45, 7) is 1.98. The molecule has 0 saturated heterocycles. The van der Waals surface area contributed by atoms with E-state index in [4.69, 9.17) is 4.98 Å². The third kappa shape index (κ3) is 2.44. The van der Waals surface area contributed by atoms with Crippen LogP contribution in [-0.2, 0) is 13.0 Å². The molecule has 0 aliphatic carbocycles. The number of hydrogen-bond donors (Lipinski definition) is 0. The van der Waals surface area contributed by atoms with E-state index in [9.17, 15) is 0 Å². The Bertz CT molecular complexity index is 794. The van der Waals surface area contributed by atoms with Crippen LogP contribution in [0.15, 0.2) is 53.3 Å². The molecule has 0 bridgehead atoms. The molecule has 4 rings (SSSR count). The predicted octanol–water partition coefficient (Wildman–Crippen LogP) is 4.05. The second-order valence-electron chi connectivity index (χ2n) is 5.50. The lowest BCUT2D eigenvalue weighted by molar-refractivity contribution is 0.685. The molecule has 1 aliphatic heterocycles. The number of rotatable bonds is 2. The SMILES string of the molecule is Brc1ccc2nc(CN3CCCc4ccccc43)cn2c1. The molecule has 3 aromatic rings. The minimum absolute atomic E-state index is 0.871. The number of aryl methyl sites for hydroxylation is 1. The molecule has 4 heteroatoms. The van der Waals surface area contributed by atoms with Crippen LogP contribution in [0.25, 0.3) is 5.65 Å². The highest BCUT2D eigenvalue weighted by Gasteiger charge is 2.17. The molecule has 21 heavy (non-hydrogen) atoms. The Labute approximate surface area is 132 Å². The summed E-state index contributed by atoms with van der Waals surface area (Å²) in [7, 11) is 0. The smallest absolute Gasteiger partial charge is 0.137 e. The maximum absolute atomic E-state index is 4.72.